The van der Waals surface area contributed by atoms with E-state index in [9.17, 15) is 4.79 Å². The summed E-state index contributed by atoms with van der Waals surface area (Å²) >= 11 is 0. The maximum absolute atomic E-state index is 11.7. The molecule has 0 aromatic heterocycles. The Morgan fingerprint density at radius 3 is 2.62 bits per heavy atom. The van der Waals surface area contributed by atoms with Crippen molar-refractivity contribution in [1.82, 2.24) is 4.90 Å². The molecule has 0 unspecified atom stereocenters. The lowest BCUT2D eigenvalue weighted by Gasteiger charge is -2.27. The molecule has 3 rings (SSSR count). The summed E-state index contributed by atoms with van der Waals surface area (Å²) in [5, 5.41) is 0. The maximum atomic E-state index is 11.7. The van der Waals surface area contributed by atoms with Crippen molar-refractivity contribution >= 4 is 11.6 Å². The van der Waals surface area contributed by atoms with E-state index in [4.69, 9.17) is 4.74 Å². The molecule has 1 fully saturated rings. The monoisotopic (exact) mass is 288 g/mol. The molecule has 0 saturated carbocycles. The van der Waals surface area contributed by atoms with Crippen molar-refractivity contribution in [1.29, 1.82) is 0 Å². The fourth-order valence-corrected chi connectivity index (χ4v) is 3.33. The van der Waals surface area contributed by atoms with Gasteiger partial charge in [0.05, 0.1) is 7.11 Å². The Bertz CT molecular complexity index is 516. The van der Waals surface area contributed by atoms with Crippen molar-refractivity contribution < 1.29 is 9.53 Å². The average molecular weight is 288 g/mol. The molecule has 2 heterocycles. The van der Waals surface area contributed by atoms with Crippen molar-refractivity contribution in [2.45, 2.75) is 32.1 Å². The van der Waals surface area contributed by atoms with Crippen LogP contribution in [0, 0.1) is 0 Å². The lowest BCUT2D eigenvalue weighted by molar-refractivity contribution is -0.127. The molecule has 2 aliphatic heterocycles. The molecule has 4 heteroatoms. The van der Waals surface area contributed by atoms with Crippen LogP contribution in [-0.2, 0) is 11.2 Å². The molecule has 0 N–H and O–H groups in total. The predicted molar refractivity (Wildman–Crippen MR) is 84.0 cm³/mol. The van der Waals surface area contributed by atoms with Crippen LogP contribution >= 0.6 is 0 Å². The Hall–Kier alpha value is -1.71. The van der Waals surface area contributed by atoms with E-state index in [0.717, 1.165) is 51.2 Å². The van der Waals surface area contributed by atoms with Crippen molar-refractivity contribution in [3.63, 3.8) is 0 Å². The first-order valence-electron chi connectivity index (χ1n) is 7.97. The highest BCUT2D eigenvalue weighted by atomic mass is 16.5. The molecule has 1 saturated heterocycles. The van der Waals surface area contributed by atoms with Gasteiger partial charge in [-0.15, -0.1) is 0 Å². The number of rotatable bonds is 4. The highest BCUT2D eigenvalue weighted by molar-refractivity contribution is 5.78. The van der Waals surface area contributed by atoms with Gasteiger partial charge in [0, 0.05) is 44.4 Å². The van der Waals surface area contributed by atoms with E-state index < -0.39 is 0 Å². The van der Waals surface area contributed by atoms with E-state index in [0.29, 0.717) is 5.91 Å². The lowest BCUT2D eigenvalue weighted by atomic mass is 10.1. The molecular weight excluding hydrogens is 264 g/mol. The predicted octanol–water partition coefficient (Wildman–Crippen LogP) is 2.46. The molecule has 1 amide bonds. The SMILES string of the molecule is COc1ccc2c(c1)N(CCN1CCCC1=O)CCCC2. The number of methoxy groups -OCH3 is 1. The van der Waals surface area contributed by atoms with Gasteiger partial charge < -0.3 is 14.5 Å². The second-order valence-electron chi connectivity index (χ2n) is 5.92. The third-order valence-corrected chi connectivity index (χ3v) is 4.57. The highest BCUT2D eigenvalue weighted by Crippen LogP contribution is 2.30. The van der Waals surface area contributed by atoms with Gasteiger partial charge in [0.15, 0.2) is 0 Å². The quantitative estimate of drug-likeness (QED) is 0.853. The fraction of sp³-hybridized carbons (Fsp3) is 0.588. The van der Waals surface area contributed by atoms with E-state index >= 15 is 0 Å². The summed E-state index contributed by atoms with van der Waals surface area (Å²) in [6, 6.07) is 6.38. The molecule has 4 nitrogen and oxygen atoms in total. The minimum Gasteiger partial charge on any atom is -0.497 e. The zero-order valence-electron chi connectivity index (χ0n) is 12.8. The summed E-state index contributed by atoms with van der Waals surface area (Å²) in [6.45, 7) is 3.77. The van der Waals surface area contributed by atoms with Crippen LogP contribution in [0.15, 0.2) is 18.2 Å². The van der Waals surface area contributed by atoms with Gasteiger partial charge in [-0.2, -0.15) is 0 Å². The van der Waals surface area contributed by atoms with Gasteiger partial charge in [-0.3, -0.25) is 4.79 Å². The molecule has 0 spiro atoms. The molecule has 0 radical (unpaired) electrons. The molecule has 2 aliphatic rings. The first kappa shape index (κ1) is 14.2. The Balaban J connectivity index is 1.74. The van der Waals surface area contributed by atoms with Crippen molar-refractivity contribution in [2.24, 2.45) is 0 Å². The number of ether oxygens (including phenoxy) is 1. The van der Waals surface area contributed by atoms with Crippen LogP contribution in [0.25, 0.3) is 0 Å². The maximum Gasteiger partial charge on any atom is 0.222 e. The number of fused-ring (bicyclic) bond motifs is 1. The van der Waals surface area contributed by atoms with Crippen LogP contribution in [-0.4, -0.2) is 44.1 Å². The first-order valence-corrected chi connectivity index (χ1v) is 7.97. The molecular formula is C17H24N2O2. The van der Waals surface area contributed by atoms with E-state index in [2.05, 4.69) is 17.0 Å². The summed E-state index contributed by atoms with van der Waals surface area (Å²) in [4.78, 5) is 16.2. The van der Waals surface area contributed by atoms with Crippen LogP contribution in [0.1, 0.15) is 31.2 Å². The first-order chi connectivity index (χ1) is 10.3. The van der Waals surface area contributed by atoms with E-state index in [-0.39, 0.29) is 0 Å². The molecule has 21 heavy (non-hydrogen) atoms. The van der Waals surface area contributed by atoms with Gasteiger partial charge in [0.2, 0.25) is 5.91 Å². The second kappa shape index (κ2) is 6.37. The number of likely N-dealkylation sites (tertiary alicyclic amines) is 1. The van der Waals surface area contributed by atoms with Crippen LogP contribution in [0.2, 0.25) is 0 Å². The third-order valence-electron chi connectivity index (χ3n) is 4.57. The van der Waals surface area contributed by atoms with Crippen LogP contribution in [0.4, 0.5) is 5.69 Å². The van der Waals surface area contributed by atoms with Crippen molar-refractivity contribution in [3.8, 4) is 5.75 Å². The number of aryl methyl sites for hydroxylation is 1. The minimum absolute atomic E-state index is 0.315. The summed E-state index contributed by atoms with van der Waals surface area (Å²) in [5.41, 5.74) is 2.69. The summed E-state index contributed by atoms with van der Waals surface area (Å²) in [5.74, 6) is 1.23. The standard InChI is InChI=1S/C17H24N2O2/c1-21-15-8-7-14-5-2-3-9-18(16(14)13-15)11-12-19-10-4-6-17(19)20/h7-8,13H,2-6,9-12H2,1H3. The second-order valence-corrected chi connectivity index (χ2v) is 5.92. The van der Waals surface area contributed by atoms with E-state index in [1.54, 1.807) is 7.11 Å². The number of amides is 1. The van der Waals surface area contributed by atoms with E-state index in [1.807, 2.05) is 11.0 Å². The van der Waals surface area contributed by atoms with Gasteiger partial charge in [0.1, 0.15) is 5.75 Å². The minimum atomic E-state index is 0.315. The Morgan fingerprint density at radius 1 is 1.05 bits per heavy atom. The normalized spacial score (nSPS) is 18.6. The van der Waals surface area contributed by atoms with Gasteiger partial charge in [-0.05, 0) is 37.3 Å². The molecule has 0 aliphatic carbocycles. The molecule has 114 valence electrons. The van der Waals surface area contributed by atoms with Gasteiger partial charge >= 0.3 is 0 Å². The number of benzene rings is 1. The number of anilines is 1. The zero-order chi connectivity index (χ0) is 14.7. The van der Waals surface area contributed by atoms with Gasteiger partial charge in [0.25, 0.3) is 0 Å². The van der Waals surface area contributed by atoms with Crippen molar-refractivity contribution in [2.75, 3.05) is 38.2 Å². The molecule has 1 aromatic rings. The smallest absolute Gasteiger partial charge is 0.222 e. The summed E-state index contributed by atoms with van der Waals surface area (Å²) in [6.07, 6.45) is 5.33. The summed E-state index contributed by atoms with van der Waals surface area (Å²) in [7, 11) is 1.71. The van der Waals surface area contributed by atoms with Crippen LogP contribution < -0.4 is 9.64 Å². The van der Waals surface area contributed by atoms with E-state index in [1.165, 1.54) is 24.1 Å². The Kier molecular flexibility index (Phi) is 4.32. The van der Waals surface area contributed by atoms with Gasteiger partial charge in [-0.1, -0.05) is 6.07 Å². The highest BCUT2D eigenvalue weighted by Gasteiger charge is 2.22. The largest absolute Gasteiger partial charge is 0.497 e. The number of carbonyl (C=O) groups excluding carboxylic acids is 1. The third kappa shape index (κ3) is 3.14. The number of hydrogen-bond donors (Lipinski definition) is 0. The fourth-order valence-electron chi connectivity index (χ4n) is 3.33. The van der Waals surface area contributed by atoms with Crippen molar-refractivity contribution in [3.05, 3.63) is 23.8 Å². The molecule has 1 aromatic carbocycles. The number of nitrogens with zero attached hydrogens (tertiary/aromatic N) is 2. The topological polar surface area (TPSA) is 32.8 Å². The van der Waals surface area contributed by atoms with Gasteiger partial charge in [-0.25, -0.2) is 0 Å². The molecule has 0 atom stereocenters. The zero-order valence-corrected chi connectivity index (χ0v) is 12.8. The average Bonchev–Trinajstić information content (AvgIpc) is 2.81. The van der Waals surface area contributed by atoms with Crippen LogP contribution in [0.3, 0.4) is 0 Å². The Morgan fingerprint density at radius 2 is 1.86 bits per heavy atom. The van der Waals surface area contributed by atoms with Crippen LogP contribution in [0.5, 0.6) is 5.75 Å². The number of carbonyl (C=O) groups is 1. The molecule has 0 bridgehead atoms. The Labute approximate surface area is 126 Å². The summed E-state index contributed by atoms with van der Waals surface area (Å²) < 4.78 is 5.37. The number of hydrogen-bond acceptors (Lipinski definition) is 3. The lowest BCUT2D eigenvalue weighted by Crippen LogP contribution is -2.36.